The zero-order chi connectivity index (χ0) is 23.5. The van der Waals surface area contributed by atoms with Crippen LogP contribution in [-0.4, -0.2) is 39.5 Å². The average molecular weight is 474 g/mol. The Balaban J connectivity index is 1.44. The summed E-state index contributed by atoms with van der Waals surface area (Å²) < 4.78 is 7.21. The predicted octanol–water partition coefficient (Wildman–Crippen LogP) is 4.18. The Bertz CT molecular complexity index is 1310. The fourth-order valence-electron chi connectivity index (χ4n) is 4.72. The number of halogens is 1. The highest BCUT2D eigenvalue weighted by Crippen LogP contribution is 2.39. The van der Waals surface area contributed by atoms with Crippen molar-refractivity contribution in [2.45, 2.75) is 24.7 Å². The minimum atomic E-state index is -0.258. The third-order valence-corrected chi connectivity index (χ3v) is 6.69. The van der Waals surface area contributed by atoms with Crippen LogP contribution in [0.25, 0.3) is 5.82 Å². The van der Waals surface area contributed by atoms with E-state index in [1.165, 1.54) is 5.56 Å². The summed E-state index contributed by atoms with van der Waals surface area (Å²) in [5.41, 5.74) is 3.71. The van der Waals surface area contributed by atoms with Crippen LogP contribution < -0.4 is 10.1 Å². The van der Waals surface area contributed by atoms with Gasteiger partial charge in [-0.2, -0.15) is 5.10 Å². The van der Waals surface area contributed by atoms with E-state index in [0.717, 1.165) is 30.5 Å². The molecule has 8 heteroatoms. The lowest BCUT2D eigenvalue weighted by Gasteiger charge is -2.38. The Kier molecular flexibility index (Phi) is 6.02. The molecule has 0 saturated carbocycles. The van der Waals surface area contributed by atoms with Gasteiger partial charge in [0.05, 0.1) is 18.9 Å². The van der Waals surface area contributed by atoms with E-state index in [1.807, 2.05) is 47.3 Å². The van der Waals surface area contributed by atoms with E-state index in [1.54, 1.807) is 25.3 Å². The Morgan fingerprint density at radius 3 is 2.65 bits per heavy atom. The third-order valence-electron chi connectivity index (χ3n) is 6.48. The largest absolute Gasteiger partial charge is 0.496 e. The summed E-state index contributed by atoms with van der Waals surface area (Å²) in [6.07, 6.45) is 4.28. The molecule has 1 amide bonds. The molecule has 0 saturated heterocycles. The van der Waals surface area contributed by atoms with Crippen LogP contribution >= 0.6 is 11.6 Å². The first-order valence-electron chi connectivity index (χ1n) is 11.1. The molecule has 1 N–H and O–H groups in total. The second-order valence-electron chi connectivity index (χ2n) is 8.45. The van der Waals surface area contributed by atoms with Crippen molar-refractivity contribution < 1.29 is 9.53 Å². The van der Waals surface area contributed by atoms with Crippen LogP contribution in [0.5, 0.6) is 5.75 Å². The van der Waals surface area contributed by atoms with Gasteiger partial charge in [-0.3, -0.25) is 4.79 Å². The van der Waals surface area contributed by atoms with Crippen molar-refractivity contribution in [3.8, 4) is 11.6 Å². The number of nitrogens with zero attached hydrogens (tertiary/aromatic N) is 4. The number of methoxy groups -OCH3 is 1. The molecule has 1 aliphatic carbocycles. The summed E-state index contributed by atoms with van der Waals surface area (Å²) in [4.78, 5) is 13.1. The van der Waals surface area contributed by atoms with E-state index in [4.69, 9.17) is 16.3 Å². The molecule has 1 unspecified atom stereocenters. The smallest absolute Gasteiger partial charge is 0.255 e. The van der Waals surface area contributed by atoms with Gasteiger partial charge < -0.3 is 10.1 Å². The predicted molar refractivity (Wildman–Crippen MR) is 130 cm³/mol. The van der Waals surface area contributed by atoms with Gasteiger partial charge in [0.25, 0.3) is 5.91 Å². The SMILES string of the molecule is COc1ccccc1C(=O)NCC1(c2ccccc2)CCc2c(cnn2-c2ccc(Cl)nn2)C1. The van der Waals surface area contributed by atoms with E-state index in [2.05, 4.69) is 32.7 Å². The quantitative estimate of drug-likeness (QED) is 0.454. The molecule has 4 aromatic rings. The van der Waals surface area contributed by atoms with Crippen molar-refractivity contribution in [3.05, 3.63) is 100 Å². The normalized spacial score (nSPS) is 17.1. The first-order chi connectivity index (χ1) is 16.6. The molecule has 34 heavy (non-hydrogen) atoms. The Hall–Kier alpha value is -3.71. The maximum atomic E-state index is 13.1. The molecule has 5 rings (SSSR count). The molecular weight excluding hydrogens is 450 g/mol. The van der Waals surface area contributed by atoms with Crippen LogP contribution in [0.1, 0.15) is 33.6 Å². The van der Waals surface area contributed by atoms with Crippen molar-refractivity contribution in [2.75, 3.05) is 13.7 Å². The van der Waals surface area contributed by atoms with Gasteiger partial charge in [-0.05, 0) is 54.7 Å². The molecular formula is C26H24ClN5O2. The molecule has 1 aliphatic rings. The maximum absolute atomic E-state index is 13.1. The van der Waals surface area contributed by atoms with E-state index in [0.29, 0.717) is 28.8 Å². The molecule has 0 radical (unpaired) electrons. The third kappa shape index (κ3) is 4.15. The van der Waals surface area contributed by atoms with E-state index >= 15 is 0 Å². The molecule has 2 heterocycles. The monoisotopic (exact) mass is 473 g/mol. The van der Waals surface area contributed by atoms with Crippen molar-refractivity contribution in [3.63, 3.8) is 0 Å². The molecule has 2 aromatic heterocycles. The van der Waals surface area contributed by atoms with Crippen molar-refractivity contribution in [1.82, 2.24) is 25.3 Å². The van der Waals surface area contributed by atoms with Crippen LogP contribution in [0.4, 0.5) is 0 Å². The highest BCUT2D eigenvalue weighted by molar-refractivity contribution is 6.29. The van der Waals surface area contributed by atoms with Crippen LogP contribution in [-0.2, 0) is 18.3 Å². The standard InChI is InChI=1S/C26H24ClN5O2/c1-34-22-10-6-5-9-20(22)25(33)28-17-26(19-7-3-2-4-8-19)14-13-21-18(15-26)16-29-32(21)24-12-11-23(27)30-31-24/h2-12,16H,13-15,17H2,1H3,(H,28,33). The minimum Gasteiger partial charge on any atom is -0.496 e. The summed E-state index contributed by atoms with van der Waals surface area (Å²) >= 11 is 5.90. The lowest BCUT2D eigenvalue weighted by atomic mass is 9.68. The number of carbonyl (C=O) groups excluding carboxylic acids is 1. The van der Waals surface area contributed by atoms with Crippen LogP contribution in [0.2, 0.25) is 5.15 Å². The number of hydrogen-bond donors (Lipinski definition) is 1. The number of nitrogens with one attached hydrogen (secondary N) is 1. The summed E-state index contributed by atoms with van der Waals surface area (Å²) in [6.45, 7) is 0.499. The first kappa shape index (κ1) is 22.1. The van der Waals surface area contributed by atoms with E-state index in [-0.39, 0.29) is 11.3 Å². The molecule has 0 bridgehead atoms. The summed E-state index contributed by atoms with van der Waals surface area (Å²) in [7, 11) is 1.57. The van der Waals surface area contributed by atoms with Crippen LogP contribution in [0.3, 0.4) is 0 Å². The zero-order valence-corrected chi connectivity index (χ0v) is 19.5. The number of ether oxygens (including phenoxy) is 1. The number of hydrogen-bond acceptors (Lipinski definition) is 5. The topological polar surface area (TPSA) is 81.9 Å². The van der Waals surface area contributed by atoms with Gasteiger partial charge in [-0.25, -0.2) is 4.68 Å². The van der Waals surface area contributed by atoms with Crippen molar-refractivity contribution >= 4 is 17.5 Å². The number of amides is 1. The number of para-hydroxylation sites is 1. The number of carbonyl (C=O) groups is 1. The Labute approximate surface area is 202 Å². The molecule has 0 fully saturated rings. The first-order valence-corrected chi connectivity index (χ1v) is 11.5. The van der Waals surface area contributed by atoms with E-state index in [9.17, 15) is 4.79 Å². The second kappa shape index (κ2) is 9.27. The zero-order valence-electron chi connectivity index (χ0n) is 18.7. The van der Waals surface area contributed by atoms with Gasteiger partial charge in [0.2, 0.25) is 0 Å². The Morgan fingerprint density at radius 1 is 1.09 bits per heavy atom. The van der Waals surface area contributed by atoms with Crippen LogP contribution in [0, 0.1) is 0 Å². The Morgan fingerprint density at radius 2 is 1.88 bits per heavy atom. The van der Waals surface area contributed by atoms with Gasteiger partial charge in [-0.15, -0.1) is 10.2 Å². The van der Waals surface area contributed by atoms with Gasteiger partial charge in [0.1, 0.15) is 5.75 Å². The minimum absolute atomic E-state index is 0.148. The molecule has 172 valence electrons. The second-order valence-corrected chi connectivity index (χ2v) is 8.84. The average Bonchev–Trinajstić information content (AvgIpc) is 3.31. The van der Waals surface area contributed by atoms with Gasteiger partial charge in [-0.1, -0.05) is 54.1 Å². The number of rotatable bonds is 6. The van der Waals surface area contributed by atoms with Gasteiger partial charge in [0.15, 0.2) is 11.0 Å². The van der Waals surface area contributed by atoms with E-state index < -0.39 is 0 Å². The van der Waals surface area contributed by atoms with Crippen molar-refractivity contribution in [1.29, 1.82) is 0 Å². The van der Waals surface area contributed by atoms with Gasteiger partial charge in [0, 0.05) is 17.7 Å². The molecule has 0 aliphatic heterocycles. The maximum Gasteiger partial charge on any atom is 0.255 e. The lowest BCUT2D eigenvalue weighted by Crippen LogP contribution is -2.44. The van der Waals surface area contributed by atoms with Crippen molar-refractivity contribution in [2.24, 2.45) is 0 Å². The number of benzene rings is 2. The number of fused-ring (bicyclic) bond motifs is 1. The lowest BCUT2D eigenvalue weighted by molar-refractivity contribution is 0.0937. The molecule has 2 aromatic carbocycles. The number of aromatic nitrogens is 4. The fourth-order valence-corrected chi connectivity index (χ4v) is 4.82. The van der Waals surface area contributed by atoms with Gasteiger partial charge >= 0.3 is 0 Å². The fraction of sp³-hybridized carbons (Fsp3) is 0.231. The molecule has 0 spiro atoms. The highest BCUT2D eigenvalue weighted by atomic mass is 35.5. The molecule has 7 nitrogen and oxygen atoms in total. The summed E-state index contributed by atoms with van der Waals surface area (Å²) in [6, 6.07) is 21.2. The highest BCUT2D eigenvalue weighted by Gasteiger charge is 2.38. The summed E-state index contributed by atoms with van der Waals surface area (Å²) in [5, 5.41) is 16.2. The molecule has 1 atom stereocenters. The summed E-state index contributed by atoms with van der Waals surface area (Å²) in [5.74, 6) is 1.05. The van der Waals surface area contributed by atoms with Crippen LogP contribution in [0.15, 0.2) is 72.9 Å².